The third kappa shape index (κ3) is 4.98. The van der Waals surface area contributed by atoms with E-state index in [0.29, 0.717) is 17.9 Å². The lowest BCUT2D eigenvalue weighted by molar-refractivity contribution is -0.124. The fourth-order valence-corrected chi connectivity index (χ4v) is 3.55. The monoisotopic (exact) mass is 395 g/mol. The highest BCUT2D eigenvalue weighted by Gasteiger charge is 2.20. The van der Waals surface area contributed by atoms with Crippen LogP contribution in [-0.4, -0.2) is 25.1 Å². The van der Waals surface area contributed by atoms with Gasteiger partial charge in [0.2, 0.25) is 0 Å². The Kier molecular flexibility index (Phi) is 6.81. The van der Waals surface area contributed by atoms with Gasteiger partial charge in [0.15, 0.2) is 6.61 Å². The first-order valence-electron chi connectivity index (χ1n) is 8.95. The maximum absolute atomic E-state index is 12.5. The zero-order valence-electron chi connectivity index (χ0n) is 15.5. The van der Waals surface area contributed by atoms with Crippen LogP contribution in [0.4, 0.5) is 0 Å². The van der Waals surface area contributed by atoms with Crippen LogP contribution in [0.3, 0.4) is 0 Å². The molecule has 3 aromatic rings. The number of carbonyl (C=O) groups excluding carboxylic acids is 2. The SMILES string of the molecule is CCOc1ccccc1C(=O)OCC(=O)N[C@@H](c1ccccc1)c1cccs1. The highest BCUT2D eigenvalue weighted by atomic mass is 32.1. The van der Waals surface area contributed by atoms with E-state index in [0.717, 1.165) is 10.4 Å². The van der Waals surface area contributed by atoms with E-state index >= 15 is 0 Å². The van der Waals surface area contributed by atoms with E-state index in [4.69, 9.17) is 9.47 Å². The number of nitrogens with one attached hydrogen (secondary N) is 1. The van der Waals surface area contributed by atoms with Crippen molar-refractivity contribution in [1.29, 1.82) is 0 Å². The van der Waals surface area contributed by atoms with Crippen molar-refractivity contribution in [1.82, 2.24) is 5.32 Å². The maximum Gasteiger partial charge on any atom is 0.342 e. The minimum atomic E-state index is -0.591. The van der Waals surface area contributed by atoms with Gasteiger partial charge in [0, 0.05) is 4.88 Å². The molecule has 1 N–H and O–H groups in total. The van der Waals surface area contributed by atoms with E-state index in [1.807, 2.05) is 54.8 Å². The van der Waals surface area contributed by atoms with Gasteiger partial charge >= 0.3 is 5.97 Å². The van der Waals surface area contributed by atoms with Crippen molar-refractivity contribution in [3.63, 3.8) is 0 Å². The molecule has 1 atom stereocenters. The van der Waals surface area contributed by atoms with Crippen molar-refractivity contribution in [3.8, 4) is 5.75 Å². The fraction of sp³-hybridized carbons (Fsp3) is 0.182. The highest BCUT2D eigenvalue weighted by Crippen LogP contribution is 2.26. The van der Waals surface area contributed by atoms with E-state index in [2.05, 4.69) is 5.32 Å². The number of hydrogen-bond acceptors (Lipinski definition) is 5. The fourth-order valence-electron chi connectivity index (χ4n) is 2.75. The van der Waals surface area contributed by atoms with E-state index in [-0.39, 0.29) is 18.6 Å². The van der Waals surface area contributed by atoms with Crippen LogP contribution in [0.15, 0.2) is 72.1 Å². The summed E-state index contributed by atoms with van der Waals surface area (Å²) in [6.45, 7) is 1.90. The predicted octanol–water partition coefficient (Wildman–Crippen LogP) is 4.21. The molecule has 0 saturated carbocycles. The molecule has 1 heterocycles. The van der Waals surface area contributed by atoms with Crippen LogP contribution in [0, 0.1) is 0 Å². The summed E-state index contributed by atoms with van der Waals surface area (Å²) in [5, 5.41) is 4.91. The van der Waals surface area contributed by atoms with Gasteiger partial charge in [0.1, 0.15) is 11.3 Å². The van der Waals surface area contributed by atoms with Gasteiger partial charge in [-0.15, -0.1) is 11.3 Å². The Bertz CT molecular complexity index is 909. The Labute approximate surface area is 167 Å². The molecule has 5 nitrogen and oxygen atoms in total. The van der Waals surface area contributed by atoms with E-state index < -0.39 is 5.97 Å². The van der Waals surface area contributed by atoms with Crippen molar-refractivity contribution in [2.75, 3.05) is 13.2 Å². The van der Waals surface area contributed by atoms with Crippen LogP contribution >= 0.6 is 11.3 Å². The van der Waals surface area contributed by atoms with E-state index in [9.17, 15) is 9.59 Å². The summed E-state index contributed by atoms with van der Waals surface area (Å²) in [7, 11) is 0. The summed E-state index contributed by atoms with van der Waals surface area (Å²) in [6, 6.07) is 20.1. The molecule has 0 aliphatic heterocycles. The molecule has 6 heteroatoms. The second kappa shape index (κ2) is 9.71. The first-order chi connectivity index (χ1) is 13.7. The third-order valence-electron chi connectivity index (χ3n) is 4.01. The van der Waals surface area contributed by atoms with Crippen molar-refractivity contribution < 1.29 is 19.1 Å². The first kappa shape index (κ1) is 19.6. The molecule has 0 fully saturated rings. The number of amides is 1. The molecule has 0 aliphatic rings. The van der Waals surface area contributed by atoms with E-state index in [1.54, 1.807) is 35.6 Å². The topological polar surface area (TPSA) is 64.6 Å². The Morgan fingerprint density at radius 1 is 1.00 bits per heavy atom. The Balaban J connectivity index is 1.65. The highest BCUT2D eigenvalue weighted by molar-refractivity contribution is 7.10. The molecular formula is C22H21NO4S. The van der Waals surface area contributed by atoms with Crippen LogP contribution in [0.5, 0.6) is 5.75 Å². The second-order valence-electron chi connectivity index (χ2n) is 5.93. The molecule has 0 radical (unpaired) electrons. The quantitative estimate of drug-likeness (QED) is 0.581. The molecule has 1 amide bonds. The van der Waals surface area contributed by atoms with Gasteiger partial charge in [-0.05, 0) is 36.1 Å². The van der Waals surface area contributed by atoms with Crippen molar-refractivity contribution in [2.24, 2.45) is 0 Å². The number of rotatable bonds is 8. The lowest BCUT2D eigenvalue weighted by Gasteiger charge is -2.18. The molecule has 0 saturated heterocycles. The van der Waals surface area contributed by atoms with Crippen molar-refractivity contribution in [3.05, 3.63) is 88.1 Å². The molecule has 0 spiro atoms. The summed E-state index contributed by atoms with van der Waals surface area (Å²) in [6.07, 6.45) is 0. The smallest absolute Gasteiger partial charge is 0.342 e. The Hall–Kier alpha value is -3.12. The van der Waals surface area contributed by atoms with Gasteiger partial charge in [-0.1, -0.05) is 48.5 Å². The molecule has 0 bridgehead atoms. The second-order valence-corrected chi connectivity index (χ2v) is 6.91. The lowest BCUT2D eigenvalue weighted by atomic mass is 10.1. The molecule has 2 aromatic carbocycles. The third-order valence-corrected chi connectivity index (χ3v) is 4.94. The summed E-state index contributed by atoms with van der Waals surface area (Å²) in [4.78, 5) is 25.8. The Morgan fingerprint density at radius 2 is 1.75 bits per heavy atom. The molecule has 144 valence electrons. The lowest BCUT2D eigenvalue weighted by Crippen LogP contribution is -2.32. The molecule has 1 aromatic heterocycles. The first-order valence-corrected chi connectivity index (χ1v) is 9.83. The van der Waals surface area contributed by atoms with Gasteiger partial charge in [-0.25, -0.2) is 4.79 Å². The minimum absolute atomic E-state index is 0.289. The molecule has 28 heavy (non-hydrogen) atoms. The van der Waals surface area contributed by atoms with Crippen molar-refractivity contribution >= 4 is 23.2 Å². The Morgan fingerprint density at radius 3 is 2.46 bits per heavy atom. The number of para-hydroxylation sites is 1. The average Bonchev–Trinajstić information content (AvgIpc) is 3.26. The van der Waals surface area contributed by atoms with Crippen LogP contribution in [-0.2, 0) is 9.53 Å². The van der Waals surface area contributed by atoms with Gasteiger partial charge < -0.3 is 14.8 Å². The van der Waals surface area contributed by atoms with Crippen LogP contribution in [0.1, 0.15) is 33.8 Å². The summed E-state index contributed by atoms with van der Waals surface area (Å²) < 4.78 is 10.6. The number of carbonyl (C=O) groups is 2. The molecule has 3 rings (SSSR count). The zero-order valence-corrected chi connectivity index (χ0v) is 16.3. The average molecular weight is 395 g/mol. The number of hydrogen-bond donors (Lipinski definition) is 1. The van der Waals surface area contributed by atoms with E-state index in [1.165, 1.54) is 0 Å². The maximum atomic E-state index is 12.5. The van der Waals surface area contributed by atoms with Gasteiger partial charge in [-0.2, -0.15) is 0 Å². The van der Waals surface area contributed by atoms with Crippen molar-refractivity contribution in [2.45, 2.75) is 13.0 Å². The van der Waals surface area contributed by atoms with Gasteiger partial charge in [-0.3, -0.25) is 4.79 Å². The largest absolute Gasteiger partial charge is 0.493 e. The summed E-state index contributed by atoms with van der Waals surface area (Å²) >= 11 is 1.56. The molecule has 0 aliphatic carbocycles. The number of ether oxygens (including phenoxy) is 2. The van der Waals surface area contributed by atoms with Crippen LogP contribution in [0.2, 0.25) is 0 Å². The zero-order chi connectivity index (χ0) is 19.8. The number of benzene rings is 2. The standard InChI is InChI=1S/C22H21NO4S/c1-2-26-18-12-7-6-11-17(18)22(25)27-15-20(24)23-21(19-13-8-14-28-19)16-9-4-3-5-10-16/h3-14,21H,2,15H2,1H3,(H,23,24)/t21-/m0/s1. The van der Waals surface area contributed by atoms with Crippen LogP contribution < -0.4 is 10.1 Å². The predicted molar refractivity (Wildman–Crippen MR) is 109 cm³/mol. The minimum Gasteiger partial charge on any atom is -0.493 e. The van der Waals surface area contributed by atoms with Gasteiger partial charge in [0.25, 0.3) is 5.91 Å². The normalized spacial score (nSPS) is 11.5. The molecular weight excluding hydrogens is 374 g/mol. The number of esters is 1. The van der Waals surface area contributed by atoms with Gasteiger partial charge in [0.05, 0.1) is 12.6 Å². The molecule has 0 unspecified atom stereocenters. The summed E-state index contributed by atoms with van der Waals surface area (Å²) in [5.41, 5.74) is 1.27. The van der Waals surface area contributed by atoms with Crippen LogP contribution in [0.25, 0.3) is 0 Å². The number of thiophene rings is 1. The summed E-state index contributed by atoms with van der Waals surface area (Å²) in [5.74, 6) is -0.521.